The first-order valence-electron chi connectivity index (χ1n) is 5.24. The zero-order chi connectivity index (χ0) is 10.9. The van der Waals surface area contributed by atoms with Gasteiger partial charge in [0.25, 0.3) is 0 Å². The van der Waals surface area contributed by atoms with Crippen LogP contribution < -0.4 is 0 Å². The monoisotopic (exact) mass is 192 g/mol. The molecule has 1 heteroatoms. The van der Waals surface area contributed by atoms with Gasteiger partial charge in [-0.05, 0) is 61.9 Å². The van der Waals surface area contributed by atoms with E-state index in [-0.39, 0.29) is 6.10 Å². The van der Waals surface area contributed by atoms with Crippen molar-refractivity contribution < 1.29 is 5.11 Å². The Morgan fingerprint density at radius 3 is 1.86 bits per heavy atom. The Balaban J connectivity index is 3.39. The van der Waals surface area contributed by atoms with Gasteiger partial charge in [-0.15, -0.1) is 0 Å². The fourth-order valence-corrected chi connectivity index (χ4v) is 1.95. The van der Waals surface area contributed by atoms with Crippen LogP contribution in [0.1, 0.15) is 47.3 Å². The highest BCUT2D eigenvalue weighted by molar-refractivity contribution is 5.45. The van der Waals surface area contributed by atoms with Gasteiger partial charge in [0, 0.05) is 0 Å². The van der Waals surface area contributed by atoms with Gasteiger partial charge in [0.05, 0.1) is 6.10 Å². The third kappa shape index (κ3) is 1.83. The summed E-state index contributed by atoms with van der Waals surface area (Å²) in [6.45, 7) is 10.4. The Morgan fingerprint density at radius 2 is 1.50 bits per heavy atom. The van der Waals surface area contributed by atoms with Crippen molar-refractivity contribution in [3.63, 3.8) is 0 Å². The second-order valence-corrected chi connectivity index (χ2v) is 4.10. The van der Waals surface area contributed by atoms with Crippen molar-refractivity contribution in [1.29, 1.82) is 0 Å². The molecule has 0 spiro atoms. The Labute approximate surface area is 86.8 Å². The molecule has 0 amide bonds. The van der Waals surface area contributed by atoms with E-state index in [4.69, 9.17) is 0 Å². The van der Waals surface area contributed by atoms with E-state index in [2.05, 4.69) is 33.8 Å². The van der Waals surface area contributed by atoms with Gasteiger partial charge in [0.1, 0.15) is 0 Å². The van der Waals surface area contributed by atoms with Crippen molar-refractivity contribution in [3.05, 3.63) is 33.9 Å². The van der Waals surface area contributed by atoms with Crippen LogP contribution in [-0.2, 0) is 0 Å². The maximum Gasteiger partial charge on any atom is 0.0792 e. The molecule has 0 fully saturated rings. The minimum atomic E-state index is -0.311. The molecule has 0 saturated heterocycles. The number of rotatable bonds is 2. The summed E-state index contributed by atoms with van der Waals surface area (Å²) in [6, 6.07) is 2.19. The van der Waals surface area contributed by atoms with Gasteiger partial charge in [0.2, 0.25) is 0 Å². The average molecular weight is 192 g/mol. The first kappa shape index (κ1) is 11.3. The largest absolute Gasteiger partial charge is 0.388 e. The molecular weight excluding hydrogens is 172 g/mol. The highest BCUT2D eigenvalue weighted by atomic mass is 16.3. The average Bonchev–Trinajstić information content (AvgIpc) is 2.15. The van der Waals surface area contributed by atoms with E-state index in [0.717, 1.165) is 12.0 Å². The molecule has 0 aliphatic rings. The summed E-state index contributed by atoms with van der Waals surface area (Å²) in [6.07, 6.45) is 0.471. The van der Waals surface area contributed by atoms with Crippen molar-refractivity contribution in [2.75, 3.05) is 0 Å². The summed E-state index contributed by atoms with van der Waals surface area (Å²) < 4.78 is 0. The van der Waals surface area contributed by atoms with Gasteiger partial charge in [0.15, 0.2) is 0 Å². The third-order valence-electron chi connectivity index (χ3n) is 3.14. The van der Waals surface area contributed by atoms with E-state index < -0.39 is 0 Å². The van der Waals surface area contributed by atoms with Crippen molar-refractivity contribution in [2.45, 2.75) is 47.1 Å². The van der Waals surface area contributed by atoms with Crippen LogP contribution in [-0.4, -0.2) is 5.11 Å². The van der Waals surface area contributed by atoms with Crippen LogP contribution >= 0.6 is 0 Å². The number of aliphatic hydroxyl groups excluding tert-OH is 1. The van der Waals surface area contributed by atoms with Gasteiger partial charge in [-0.1, -0.05) is 13.0 Å². The maximum atomic E-state index is 9.94. The Kier molecular flexibility index (Phi) is 3.33. The van der Waals surface area contributed by atoms with Crippen LogP contribution in [0.25, 0.3) is 0 Å². The first-order valence-corrected chi connectivity index (χ1v) is 5.24. The molecule has 1 rings (SSSR count). The van der Waals surface area contributed by atoms with Crippen LogP contribution in [0, 0.1) is 27.7 Å². The molecule has 0 heterocycles. The molecule has 78 valence electrons. The Bertz CT molecular complexity index is 313. The second-order valence-electron chi connectivity index (χ2n) is 4.10. The molecular formula is C13H20O. The predicted octanol–water partition coefficient (Wildman–Crippen LogP) is 3.36. The smallest absolute Gasteiger partial charge is 0.0792 e. The standard InChI is InChI=1S/C13H20O/c1-6-12(14)13-10(4)8(2)7-9(3)11(13)5/h7,12,14H,6H2,1-5H3/t12-/m1/s1. The molecule has 0 radical (unpaired) electrons. The van der Waals surface area contributed by atoms with Crippen molar-refractivity contribution in [3.8, 4) is 0 Å². The van der Waals surface area contributed by atoms with Gasteiger partial charge in [-0.2, -0.15) is 0 Å². The SMILES string of the molecule is CC[C@@H](O)c1c(C)c(C)cc(C)c1C. The van der Waals surface area contributed by atoms with Gasteiger partial charge in [-0.3, -0.25) is 0 Å². The van der Waals surface area contributed by atoms with Crippen molar-refractivity contribution in [2.24, 2.45) is 0 Å². The normalized spacial score (nSPS) is 13.0. The fraction of sp³-hybridized carbons (Fsp3) is 0.538. The van der Waals surface area contributed by atoms with Gasteiger partial charge in [-0.25, -0.2) is 0 Å². The molecule has 14 heavy (non-hydrogen) atoms. The van der Waals surface area contributed by atoms with Crippen molar-refractivity contribution in [1.82, 2.24) is 0 Å². The first-order chi connectivity index (χ1) is 6.49. The maximum absolute atomic E-state index is 9.94. The quantitative estimate of drug-likeness (QED) is 0.761. The fourth-order valence-electron chi connectivity index (χ4n) is 1.95. The van der Waals surface area contributed by atoms with E-state index in [1.54, 1.807) is 0 Å². The van der Waals surface area contributed by atoms with E-state index in [0.29, 0.717) is 0 Å². The molecule has 0 saturated carbocycles. The van der Waals surface area contributed by atoms with Crippen LogP contribution in [0.2, 0.25) is 0 Å². The lowest BCUT2D eigenvalue weighted by molar-refractivity contribution is 0.172. The lowest BCUT2D eigenvalue weighted by Gasteiger charge is -2.19. The number of benzene rings is 1. The van der Waals surface area contributed by atoms with E-state index >= 15 is 0 Å². The molecule has 1 aromatic rings. The molecule has 0 bridgehead atoms. The van der Waals surface area contributed by atoms with Crippen molar-refractivity contribution >= 4 is 0 Å². The molecule has 1 nitrogen and oxygen atoms in total. The number of hydrogen-bond donors (Lipinski definition) is 1. The van der Waals surface area contributed by atoms with Gasteiger partial charge < -0.3 is 5.11 Å². The highest BCUT2D eigenvalue weighted by Crippen LogP contribution is 2.28. The Hall–Kier alpha value is -0.820. The molecule has 1 aromatic carbocycles. The minimum absolute atomic E-state index is 0.311. The van der Waals surface area contributed by atoms with E-state index in [9.17, 15) is 5.11 Å². The zero-order valence-electron chi connectivity index (χ0n) is 9.81. The minimum Gasteiger partial charge on any atom is -0.388 e. The molecule has 1 N–H and O–H groups in total. The summed E-state index contributed by atoms with van der Waals surface area (Å²) in [5, 5.41) is 9.94. The molecule has 0 aliphatic carbocycles. The Morgan fingerprint density at radius 1 is 1.07 bits per heavy atom. The third-order valence-corrected chi connectivity index (χ3v) is 3.14. The summed E-state index contributed by atoms with van der Waals surface area (Å²) >= 11 is 0. The molecule has 0 unspecified atom stereocenters. The molecule has 0 aromatic heterocycles. The predicted molar refractivity (Wildman–Crippen MR) is 60.6 cm³/mol. The van der Waals surface area contributed by atoms with Crippen LogP contribution in [0.3, 0.4) is 0 Å². The zero-order valence-corrected chi connectivity index (χ0v) is 9.81. The van der Waals surface area contributed by atoms with Crippen LogP contribution in [0.4, 0.5) is 0 Å². The van der Waals surface area contributed by atoms with Crippen LogP contribution in [0.5, 0.6) is 0 Å². The molecule has 0 aliphatic heterocycles. The van der Waals surface area contributed by atoms with E-state index in [1.807, 2.05) is 6.92 Å². The summed E-state index contributed by atoms with van der Waals surface area (Å²) in [4.78, 5) is 0. The summed E-state index contributed by atoms with van der Waals surface area (Å²) in [5.41, 5.74) is 6.15. The topological polar surface area (TPSA) is 20.2 Å². The van der Waals surface area contributed by atoms with Gasteiger partial charge >= 0.3 is 0 Å². The lowest BCUT2D eigenvalue weighted by atomic mass is 9.90. The lowest BCUT2D eigenvalue weighted by Crippen LogP contribution is -2.04. The molecule has 1 atom stereocenters. The summed E-state index contributed by atoms with van der Waals surface area (Å²) in [7, 11) is 0. The highest BCUT2D eigenvalue weighted by Gasteiger charge is 2.14. The number of hydrogen-bond acceptors (Lipinski definition) is 1. The van der Waals surface area contributed by atoms with E-state index in [1.165, 1.54) is 22.3 Å². The summed E-state index contributed by atoms with van der Waals surface area (Å²) in [5.74, 6) is 0. The number of aliphatic hydroxyl groups is 1. The number of aryl methyl sites for hydroxylation is 2. The van der Waals surface area contributed by atoms with Crippen LogP contribution in [0.15, 0.2) is 6.07 Å². The second kappa shape index (κ2) is 4.14.